The standard InChI is InChI=1S/C9H16N2O5/c12-7(8(13)14)5-11-9(15)10-4-6-2-1-3-16-6/h6-7,12H,1-5H2,(H,13,14)(H2,10,11,15)/t6?,7-/m0/s1. The highest BCUT2D eigenvalue weighted by Gasteiger charge is 2.17. The van der Waals surface area contributed by atoms with E-state index in [-0.39, 0.29) is 12.6 Å². The van der Waals surface area contributed by atoms with Crippen LogP contribution in [-0.2, 0) is 9.53 Å². The molecule has 2 amide bonds. The van der Waals surface area contributed by atoms with E-state index < -0.39 is 18.1 Å². The molecule has 0 aliphatic carbocycles. The summed E-state index contributed by atoms with van der Waals surface area (Å²) >= 11 is 0. The van der Waals surface area contributed by atoms with Crippen molar-refractivity contribution in [2.24, 2.45) is 0 Å². The van der Waals surface area contributed by atoms with Crippen LogP contribution in [0, 0.1) is 0 Å². The molecule has 0 spiro atoms. The molecule has 0 bridgehead atoms. The normalized spacial score (nSPS) is 21.4. The Bertz CT molecular complexity index is 252. The van der Waals surface area contributed by atoms with Crippen LogP contribution < -0.4 is 10.6 Å². The number of carboxylic acids is 1. The third-order valence-corrected chi connectivity index (χ3v) is 2.26. The number of urea groups is 1. The van der Waals surface area contributed by atoms with E-state index in [2.05, 4.69) is 10.6 Å². The molecule has 0 aromatic carbocycles. The number of hydrogen-bond acceptors (Lipinski definition) is 4. The van der Waals surface area contributed by atoms with E-state index >= 15 is 0 Å². The van der Waals surface area contributed by atoms with Gasteiger partial charge < -0.3 is 25.6 Å². The molecule has 7 heteroatoms. The van der Waals surface area contributed by atoms with Crippen LogP contribution in [0.5, 0.6) is 0 Å². The molecular weight excluding hydrogens is 216 g/mol. The summed E-state index contributed by atoms with van der Waals surface area (Å²) in [7, 11) is 0. The van der Waals surface area contributed by atoms with Crippen LogP contribution in [0.4, 0.5) is 4.79 Å². The monoisotopic (exact) mass is 232 g/mol. The average Bonchev–Trinajstić information content (AvgIpc) is 2.75. The van der Waals surface area contributed by atoms with Crippen molar-refractivity contribution in [2.45, 2.75) is 25.0 Å². The first-order valence-corrected chi connectivity index (χ1v) is 5.13. The number of aliphatic carboxylic acids is 1. The topological polar surface area (TPSA) is 108 Å². The van der Waals surface area contributed by atoms with Gasteiger partial charge in [-0.15, -0.1) is 0 Å². The van der Waals surface area contributed by atoms with Gasteiger partial charge in [0.15, 0.2) is 6.10 Å². The Labute approximate surface area is 92.8 Å². The first-order valence-electron chi connectivity index (χ1n) is 5.13. The number of carbonyl (C=O) groups is 2. The summed E-state index contributed by atoms with van der Waals surface area (Å²) in [5.74, 6) is -1.36. The zero-order chi connectivity index (χ0) is 12.0. The Balaban J connectivity index is 2.08. The van der Waals surface area contributed by atoms with Gasteiger partial charge in [-0.2, -0.15) is 0 Å². The smallest absolute Gasteiger partial charge is 0.334 e. The van der Waals surface area contributed by atoms with Gasteiger partial charge in [-0.05, 0) is 12.8 Å². The predicted octanol–water partition coefficient (Wildman–Crippen LogP) is -1.09. The summed E-state index contributed by atoms with van der Waals surface area (Å²) in [5, 5.41) is 22.0. The molecule has 1 fully saturated rings. The van der Waals surface area contributed by atoms with Crippen molar-refractivity contribution in [3.63, 3.8) is 0 Å². The number of aliphatic hydroxyl groups is 1. The molecule has 1 saturated heterocycles. The number of ether oxygens (including phenoxy) is 1. The van der Waals surface area contributed by atoms with Gasteiger partial charge in [0, 0.05) is 13.2 Å². The van der Waals surface area contributed by atoms with Gasteiger partial charge in [-0.25, -0.2) is 9.59 Å². The third-order valence-electron chi connectivity index (χ3n) is 2.26. The van der Waals surface area contributed by atoms with Crippen LogP contribution in [0.1, 0.15) is 12.8 Å². The minimum absolute atomic E-state index is 0.0372. The maximum absolute atomic E-state index is 11.1. The molecule has 1 rings (SSSR count). The van der Waals surface area contributed by atoms with Gasteiger partial charge in [0.1, 0.15) is 0 Å². The van der Waals surface area contributed by atoms with Crippen molar-refractivity contribution < 1.29 is 24.5 Å². The quantitative estimate of drug-likeness (QED) is 0.481. The number of nitrogens with one attached hydrogen (secondary N) is 2. The van der Waals surface area contributed by atoms with Gasteiger partial charge in [0.2, 0.25) is 0 Å². The van der Waals surface area contributed by atoms with Gasteiger partial charge in [0.25, 0.3) is 0 Å². The van der Waals surface area contributed by atoms with Crippen LogP contribution in [0.3, 0.4) is 0 Å². The molecule has 92 valence electrons. The van der Waals surface area contributed by atoms with Gasteiger partial charge >= 0.3 is 12.0 Å². The van der Waals surface area contributed by atoms with Crippen LogP contribution >= 0.6 is 0 Å². The number of rotatable bonds is 5. The second kappa shape index (κ2) is 6.29. The molecule has 16 heavy (non-hydrogen) atoms. The number of amides is 2. The first kappa shape index (κ1) is 12.7. The summed E-state index contributed by atoms with van der Waals surface area (Å²) in [6.07, 6.45) is 0.368. The molecule has 4 N–H and O–H groups in total. The van der Waals surface area contributed by atoms with E-state index in [0.717, 1.165) is 12.8 Å². The van der Waals surface area contributed by atoms with Crippen molar-refractivity contribution in [1.29, 1.82) is 0 Å². The summed E-state index contributed by atoms with van der Waals surface area (Å²) in [4.78, 5) is 21.4. The largest absolute Gasteiger partial charge is 0.479 e. The van der Waals surface area contributed by atoms with Crippen molar-refractivity contribution in [2.75, 3.05) is 19.7 Å². The van der Waals surface area contributed by atoms with E-state index in [1.165, 1.54) is 0 Å². The highest BCUT2D eigenvalue weighted by atomic mass is 16.5. The van der Waals surface area contributed by atoms with E-state index in [1.54, 1.807) is 0 Å². The van der Waals surface area contributed by atoms with Gasteiger partial charge in [-0.3, -0.25) is 0 Å². The van der Waals surface area contributed by atoms with Gasteiger partial charge in [0.05, 0.1) is 12.6 Å². The second-order valence-corrected chi connectivity index (χ2v) is 3.58. The molecule has 1 aliphatic heterocycles. The molecule has 0 radical (unpaired) electrons. The molecule has 1 heterocycles. The number of hydrogen-bond donors (Lipinski definition) is 4. The molecule has 0 aromatic rings. The maximum atomic E-state index is 11.1. The van der Waals surface area contributed by atoms with Crippen LogP contribution in [0.2, 0.25) is 0 Å². The Morgan fingerprint density at radius 3 is 2.75 bits per heavy atom. The lowest BCUT2D eigenvalue weighted by molar-refractivity contribution is -0.146. The minimum Gasteiger partial charge on any atom is -0.479 e. The fraction of sp³-hybridized carbons (Fsp3) is 0.778. The van der Waals surface area contributed by atoms with Crippen molar-refractivity contribution in [3.8, 4) is 0 Å². The molecule has 1 aliphatic rings. The minimum atomic E-state index is -1.58. The second-order valence-electron chi connectivity index (χ2n) is 3.58. The number of aliphatic hydroxyl groups excluding tert-OH is 1. The Kier molecular flexibility index (Phi) is 5.00. The lowest BCUT2D eigenvalue weighted by atomic mass is 10.2. The van der Waals surface area contributed by atoms with Crippen molar-refractivity contribution >= 4 is 12.0 Å². The number of carbonyl (C=O) groups excluding carboxylic acids is 1. The van der Waals surface area contributed by atoms with Crippen molar-refractivity contribution in [1.82, 2.24) is 10.6 Å². The first-order chi connectivity index (χ1) is 7.59. The summed E-state index contributed by atoms with van der Waals surface area (Å²) < 4.78 is 5.28. The van der Waals surface area contributed by atoms with E-state index in [4.69, 9.17) is 14.9 Å². The van der Waals surface area contributed by atoms with Gasteiger partial charge in [-0.1, -0.05) is 0 Å². The lowest BCUT2D eigenvalue weighted by Gasteiger charge is -2.12. The molecule has 2 atom stereocenters. The van der Waals surface area contributed by atoms with E-state index in [9.17, 15) is 9.59 Å². The summed E-state index contributed by atoms with van der Waals surface area (Å²) in [6.45, 7) is 0.799. The Morgan fingerprint density at radius 1 is 1.44 bits per heavy atom. The molecule has 7 nitrogen and oxygen atoms in total. The van der Waals surface area contributed by atoms with Crippen LogP contribution in [-0.4, -0.2) is 54.1 Å². The molecule has 0 aromatic heterocycles. The Morgan fingerprint density at radius 2 is 2.19 bits per heavy atom. The van der Waals surface area contributed by atoms with E-state index in [1.807, 2.05) is 0 Å². The lowest BCUT2D eigenvalue weighted by Crippen LogP contribution is -2.44. The fourth-order valence-electron chi connectivity index (χ4n) is 1.35. The zero-order valence-electron chi connectivity index (χ0n) is 8.81. The average molecular weight is 232 g/mol. The zero-order valence-corrected chi connectivity index (χ0v) is 8.81. The molecule has 0 saturated carbocycles. The maximum Gasteiger partial charge on any atom is 0.334 e. The van der Waals surface area contributed by atoms with Crippen LogP contribution in [0.25, 0.3) is 0 Å². The molecular formula is C9H16N2O5. The third kappa shape index (κ3) is 4.45. The van der Waals surface area contributed by atoms with E-state index in [0.29, 0.717) is 13.2 Å². The summed E-state index contributed by atoms with van der Waals surface area (Å²) in [6, 6.07) is -0.504. The SMILES string of the molecule is O=C(NCC1CCCO1)NC[C@H](O)C(=O)O. The molecule has 1 unspecified atom stereocenters. The highest BCUT2D eigenvalue weighted by molar-refractivity contribution is 5.76. The fourth-order valence-corrected chi connectivity index (χ4v) is 1.35. The predicted molar refractivity (Wildman–Crippen MR) is 54.0 cm³/mol. The Hall–Kier alpha value is -1.34. The van der Waals surface area contributed by atoms with Crippen LogP contribution in [0.15, 0.2) is 0 Å². The number of carboxylic acid groups (broad SMARTS) is 1. The van der Waals surface area contributed by atoms with Crippen molar-refractivity contribution in [3.05, 3.63) is 0 Å². The summed E-state index contributed by atoms with van der Waals surface area (Å²) in [5.41, 5.74) is 0. The highest BCUT2D eigenvalue weighted by Crippen LogP contribution is 2.10.